The number of rotatable bonds is 3. The molecule has 0 bridgehead atoms. The van der Waals surface area contributed by atoms with Crippen LogP contribution in [0.15, 0.2) is 42.5 Å². The molecule has 0 aliphatic heterocycles. The maximum Gasteiger partial charge on any atom is 0.416 e. The number of hydrogen-bond donors (Lipinski definition) is 1. The van der Waals surface area contributed by atoms with E-state index < -0.39 is 11.7 Å². The second-order valence-corrected chi connectivity index (χ2v) is 4.13. The molecular weight excluding hydrogens is 253 g/mol. The van der Waals surface area contributed by atoms with Gasteiger partial charge in [-0.1, -0.05) is 18.2 Å². The van der Waals surface area contributed by atoms with Crippen molar-refractivity contribution in [2.24, 2.45) is 5.73 Å². The van der Waals surface area contributed by atoms with Gasteiger partial charge in [0.1, 0.15) is 0 Å². The Bertz CT molecular complexity index is 565. The van der Waals surface area contributed by atoms with Crippen LogP contribution in [0.5, 0.6) is 0 Å². The van der Waals surface area contributed by atoms with Gasteiger partial charge in [0.15, 0.2) is 0 Å². The number of hydrogen-bond acceptors (Lipinski definition) is 2. The van der Waals surface area contributed by atoms with Crippen molar-refractivity contribution in [3.05, 3.63) is 53.7 Å². The maximum atomic E-state index is 12.6. The lowest BCUT2D eigenvalue weighted by molar-refractivity contribution is -0.137. The van der Waals surface area contributed by atoms with E-state index in [0.29, 0.717) is 24.2 Å². The smallest absolute Gasteiger partial charge is 0.330 e. The first kappa shape index (κ1) is 13.5. The Morgan fingerprint density at radius 2 is 1.79 bits per heavy atom. The molecule has 100 valence electrons. The number of halogens is 3. The summed E-state index contributed by atoms with van der Waals surface area (Å²) < 4.78 is 37.9. The molecule has 1 heterocycles. The number of nitrogens with zero attached hydrogens (tertiary/aromatic N) is 1. The maximum absolute atomic E-state index is 12.6. The molecule has 0 aliphatic carbocycles. The van der Waals surface area contributed by atoms with Crippen LogP contribution in [0.25, 0.3) is 11.3 Å². The SMILES string of the molecule is NCCc1cccc(-c2cccc(C(F)(F)F)c2)n1. The van der Waals surface area contributed by atoms with Crippen LogP contribution >= 0.6 is 0 Å². The highest BCUT2D eigenvalue weighted by Crippen LogP contribution is 2.31. The number of aromatic nitrogens is 1. The second kappa shape index (κ2) is 5.40. The second-order valence-electron chi connectivity index (χ2n) is 4.13. The largest absolute Gasteiger partial charge is 0.416 e. The minimum atomic E-state index is -4.34. The lowest BCUT2D eigenvalue weighted by Gasteiger charge is -2.09. The van der Waals surface area contributed by atoms with Gasteiger partial charge in [0, 0.05) is 17.7 Å². The number of pyridine rings is 1. The average Bonchev–Trinajstić information content (AvgIpc) is 2.39. The molecule has 0 saturated carbocycles. The zero-order valence-corrected chi connectivity index (χ0v) is 10.1. The minimum Gasteiger partial charge on any atom is -0.330 e. The van der Waals surface area contributed by atoms with Gasteiger partial charge in [0.2, 0.25) is 0 Å². The van der Waals surface area contributed by atoms with Gasteiger partial charge in [-0.2, -0.15) is 13.2 Å². The molecule has 19 heavy (non-hydrogen) atoms. The van der Waals surface area contributed by atoms with Crippen LogP contribution < -0.4 is 5.73 Å². The van der Waals surface area contributed by atoms with Gasteiger partial charge in [-0.15, -0.1) is 0 Å². The zero-order valence-electron chi connectivity index (χ0n) is 10.1. The van der Waals surface area contributed by atoms with Crippen LogP contribution in [0, 0.1) is 0 Å². The van der Waals surface area contributed by atoms with Crippen molar-refractivity contribution in [3.63, 3.8) is 0 Å². The molecule has 1 aromatic carbocycles. The fourth-order valence-corrected chi connectivity index (χ4v) is 1.78. The molecule has 0 spiro atoms. The van der Waals surface area contributed by atoms with Crippen LogP contribution in [0.1, 0.15) is 11.3 Å². The number of nitrogens with two attached hydrogens (primary N) is 1. The first-order chi connectivity index (χ1) is 9.00. The monoisotopic (exact) mass is 266 g/mol. The molecule has 1 aromatic heterocycles. The quantitative estimate of drug-likeness (QED) is 0.926. The van der Waals surface area contributed by atoms with Crippen molar-refractivity contribution in [2.75, 3.05) is 6.54 Å². The summed E-state index contributed by atoms with van der Waals surface area (Å²) in [6.07, 6.45) is -3.74. The van der Waals surface area contributed by atoms with Gasteiger partial charge >= 0.3 is 6.18 Å². The molecule has 0 radical (unpaired) electrons. The van der Waals surface area contributed by atoms with Gasteiger partial charge in [-0.05, 0) is 30.8 Å². The lowest BCUT2D eigenvalue weighted by atomic mass is 10.1. The van der Waals surface area contributed by atoms with E-state index in [1.165, 1.54) is 6.07 Å². The van der Waals surface area contributed by atoms with Crippen molar-refractivity contribution < 1.29 is 13.2 Å². The molecule has 2 aromatic rings. The molecule has 2 rings (SSSR count). The lowest BCUT2D eigenvalue weighted by Crippen LogP contribution is -2.06. The van der Waals surface area contributed by atoms with E-state index in [9.17, 15) is 13.2 Å². The summed E-state index contributed by atoms with van der Waals surface area (Å²) in [7, 11) is 0. The van der Waals surface area contributed by atoms with Crippen molar-refractivity contribution in [3.8, 4) is 11.3 Å². The Balaban J connectivity index is 2.39. The Hall–Kier alpha value is -1.88. The van der Waals surface area contributed by atoms with E-state index in [0.717, 1.165) is 17.8 Å². The van der Waals surface area contributed by atoms with Crippen molar-refractivity contribution >= 4 is 0 Å². The van der Waals surface area contributed by atoms with Gasteiger partial charge in [-0.25, -0.2) is 0 Å². The van der Waals surface area contributed by atoms with E-state index >= 15 is 0 Å². The molecule has 2 nitrogen and oxygen atoms in total. The zero-order chi connectivity index (χ0) is 13.9. The van der Waals surface area contributed by atoms with Crippen LogP contribution in [-0.2, 0) is 12.6 Å². The van der Waals surface area contributed by atoms with Gasteiger partial charge in [-0.3, -0.25) is 4.98 Å². The Morgan fingerprint density at radius 3 is 2.47 bits per heavy atom. The fraction of sp³-hybridized carbons (Fsp3) is 0.214. The van der Waals surface area contributed by atoms with Crippen LogP contribution in [0.2, 0.25) is 0 Å². The van der Waals surface area contributed by atoms with Gasteiger partial charge < -0.3 is 5.73 Å². The van der Waals surface area contributed by atoms with Crippen molar-refractivity contribution in [2.45, 2.75) is 12.6 Å². The third kappa shape index (κ3) is 3.32. The summed E-state index contributed by atoms with van der Waals surface area (Å²) >= 11 is 0. The predicted octanol–water partition coefficient (Wildman–Crippen LogP) is 3.27. The highest BCUT2D eigenvalue weighted by Gasteiger charge is 2.30. The first-order valence-corrected chi connectivity index (χ1v) is 5.84. The normalized spacial score (nSPS) is 11.6. The molecule has 0 unspecified atom stereocenters. The number of alkyl halides is 3. The van der Waals surface area contributed by atoms with E-state index in [2.05, 4.69) is 4.98 Å². The van der Waals surface area contributed by atoms with Crippen LogP contribution in [0.4, 0.5) is 13.2 Å². The number of benzene rings is 1. The first-order valence-electron chi connectivity index (χ1n) is 5.84. The summed E-state index contributed by atoms with van der Waals surface area (Å²) in [5.41, 5.74) is 6.52. The Morgan fingerprint density at radius 1 is 1.05 bits per heavy atom. The topological polar surface area (TPSA) is 38.9 Å². The van der Waals surface area contributed by atoms with Crippen molar-refractivity contribution in [1.82, 2.24) is 4.98 Å². The predicted molar refractivity (Wildman–Crippen MR) is 67.4 cm³/mol. The highest BCUT2D eigenvalue weighted by molar-refractivity contribution is 5.60. The van der Waals surface area contributed by atoms with Crippen molar-refractivity contribution in [1.29, 1.82) is 0 Å². The molecular formula is C14H13F3N2. The standard InChI is InChI=1S/C14H13F3N2/c15-14(16,17)11-4-1-3-10(9-11)13-6-2-5-12(19-13)7-8-18/h1-6,9H,7-8,18H2. The molecule has 0 saturated heterocycles. The Kier molecular flexibility index (Phi) is 3.85. The highest BCUT2D eigenvalue weighted by atomic mass is 19.4. The fourth-order valence-electron chi connectivity index (χ4n) is 1.78. The minimum absolute atomic E-state index is 0.452. The van der Waals surface area contributed by atoms with Crippen LogP contribution in [-0.4, -0.2) is 11.5 Å². The summed E-state index contributed by atoms with van der Waals surface area (Å²) in [6.45, 7) is 0.457. The molecule has 2 N–H and O–H groups in total. The van der Waals surface area contributed by atoms with Crippen LogP contribution in [0.3, 0.4) is 0 Å². The summed E-state index contributed by atoms with van der Waals surface area (Å²) in [5.74, 6) is 0. The molecule has 0 aliphatic rings. The average molecular weight is 266 g/mol. The summed E-state index contributed by atoms with van der Waals surface area (Å²) in [5, 5.41) is 0. The molecule has 5 heteroatoms. The summed E-state index contributed by atoms with van der Waals surface area (Å²) in [6, 6.07) is 10.4. The van der Waals surface area contributed by atoms with E-state index in [1.807, 2.05) is 6.07 Å². The van der Waals surface area contributed by atoms with Gasteiger partial charge in [0.25, 0.3) is 0 Å². The third-order valence-corrected chi connectivity index (χ3v) is 2.69. The third-order valence-electron chi connectivity index (χ3n) is 2.69. The Labute approximate surface area is 109 Å². The summed E-state index contributed by atoms with van der Waals surface area (Å²) in [4.78, 5) is 4.31. The van der Waals surface area contributed by atoms with E-state index in [1.54, 1.807) is 18.2 Å². The van der Waals surface area contributed by atoms with E-state index in [-0.39, 0.29) is 0 Å². The van der Waals surface area contributed by atoms with E-state index in [4.69, 9.17) is 5.73 Å². The molecule has 0 amide bonds. The van der Waals surface area contributed by atoms with Gasteiger partial charge in [0.05, 0.1) is 11.3 Å². The molecule has 0 fully saturated rings. The molecule has 0 atom stereocenters.